The predicted molar refractivity (Wildman–Crippen MR) is 193 cm³/mol. The summed E-state index contributed by atoms with van der Waals surface area (Å²) in [6, 6.07) is 21.0. The van der Waals surface area contributed by atoms with Crippen LogP contribution in [0.15, 0.2) is 77.6 Å². The number of amides is 2. The van der Waals surface area contributed by atoms with E-state index in [9.17, 15) is 14.7 Å². The van der Waals surface area contributed by atoms with Gasteiger partial charge >= 0.3 is 6.03 Å². The van der Waals surface area contributed by atoms with Crippen LogP contribution in [0.1, 0.15) is 54.4 Å². The van der Waals surface area contributed by atoms with Gasteiger partial charge in [-0.05, 0) is 66.9 Å². The minimum absolute atomic E-state index is 0.0475. The monoisotopic (exact) mass is 703 g/mol. The van der Waals surface area contributed by atoms with Crippen molar-refractivity contribution in [2.45, 2.75) is 59.7 Å². The molecule has 0 bridgehead atoms. The molecule has 0 aliphatic carbocycles. The Morgan fingerprint density at radius 3 is 2.35 bits per heavy atom. The van der Waals surface area contributed by atoms with Gasteiger partial charge in [-0.2, -0.15) is 5.10 Å². The molecule has 10 nitrogen and oxygen atoms in total. The number of nitrogens with zero attached hydrogens (tertiary/aromatic N) is 3. The number of aryl methyl sites for hydroxylation is 1. The first-order chi connectivity index (χ1) is 23.2. The molecular formula is C37H39Cl2N5O5. The number of benzene rings is 3. The van der Waals surface area contributed by atoms with Gasteiger partial charge in [-0.1, -0.05) is 74.3 Å². The van der Waals surface area contributed by atoms with E-state index >= 15 is 0 Å². The highest BCUT2D eigenvalue weighted by molar-refractivity contribution is 6.32. The fraction of sp³-hybridized carbons (Fsp3) is 0.270. The number of anilines is 1. The van der Waals surface area contributed by atoms with Crippen molar-refractivity contribution in [2.24, 2.45) is 0 Å². The molecule has 3 N–H and O–H groups in total. The molecule has 5 rings (SSSR count). The second-order valence-corrected chi connectivity index (χ2v) is 13.5. The van der Waals surface area contributed by atoms with Crippen molar-refractivity contribution in [3.05, 3.63) is 127 Å². The van der Waals surface area contributed by atoms with Crippen LogP contribution in [0.4, 0.5) is 10.6 Å². The van der Waals surface area contributed by atoms with E-state index in [2.05, 4.69) is 10.6 Å². The number of aromatic nitrogens is 3. The summed E-state index contributed by atoms with van der Waals surface area (Å²) in [5.41, 5.74) is 4.72. The quantitative estimate of drug-likeness (QED) is 0.136. The summed E-state index contributed by atoms with van der Waals surface area (Å²) in [4.78, 5) is 26.5. The molecule has 49 heavy (non-hydrogen) atoms. The third-order valence-electron chi connectivity index (χ3n) is 8.09. The first-order valence-corrected chi connectivity index (χ1v) is 16.4. The van der Waals surface area contributed by atoms with Crippen molar-refractivity contribution in [3.8, 4) is 22.9 Å². The number of rotatable bonds is 10. The number of halogens is 2. The van der Waals surface area contributed by atoms with Gasteiger partial charge in [-0.3, -0.25) is 10.1 Å². The van der Waals surface area contributed by atoms with E-state index in [4.69, 9.17) is 37.8 Å². The summed E-state index contributed by atoms with van der Waals surface area (Å²) in [5, 5.41) is 21.1. The molecule has 2 heterocycles. The number of hydrogen-bond acceptors (Lipinski definition) is 6. The number of aromatic hydroxyl groups is 1. The molecule has 2 aromatic heterocycles. The lowest BCUT2D eigenvalue weighted by Crippen LogP contribution is -2.29. The zero-order chi connectivity index (χ0) is 35.5. The van der Waals surface area contributed by atoms with Gasteiger partial charge in [0.2, 0.25) is 0 Å². The van der Waals surface area contributed by atoms with Gasteiger partial charge < -0.3 is 24.5 Å². The molecule has 0 atom stereocenters. The maximum absolute atomic E-state index is 13.4. The minimum atomic E-state index is -0.435. The SMILES string of the molecule is COc1ccc(Cn2c(C)cc(OCc3ccccc3CNC(=O)Nc3cc(C(C)(C)C)nn3-c3ccc(O)c(Cl)c3)c(C)c2=O)cc1Cl. The molecule has 0 aliphatic heterocycles. The molecule has 0 aliphatic rings. The van der Waals surface area contributed by atoms with Crippen LogP contribution in [-0.4, -0.2) is 32.6 Å². The summed E-state index contributed by atoms with van der Waals surface area (Å²) < 4.78 is 14.7. The third-order valence-corrected chi connectivity index (χ3v) is 8.69. The van der Waals surface area contributed by atoms with Crippen molar-refractivity contribution in [2.75, 3.05) is 12.4 Å². The summed E-state index contributed by atoms with van der Waals surface area (Å²) >= 11 is 12.5. The van der Waals surface area contributed by atoms with Crippen LogP contribution < -0.4 is 25.7 Å². The van der Waals surface area contributed by atoms with E-state index in [-0.39, 0.29) is 34.9 Å². The molecule has 2 amide bonds. The lowest BCUT2D eigenvalue weighted by Gasteiger charge is -2.17. The molecule has 5 aromatic rings. The lowest BCUT2D eigenvalue weighted by atomic mass is 9.92. The smallest absolute Gasteiger partial charge is 0.320 e. The lowest BCUT2D eigenvalue weighted by molar-refractivity contribution is 0.251. The first kappa shape index (κ1) is 35.4. The van der Waals surface area contributed by atoms with Gasteiger partial charge in [-0.15, -0.1) is 0 Å². The Kier molecular flexibility index (Phi) is 10.6. The minimum Gasteiger partial charge on any atom is -0.506 e. The summed E-state index contributed by atoms with van der Waals surface area (Å²) in [5.74, 6) is 1.46. The predicted octanol–water partition coefficient (Wildman–Crippen LogP) is 7.92. The van der Waals surface area contributed by atoms with E-state index in [1.165, 1.54) is 6.07 Å². The molecule has 256 valence electrons. The zero-order valence-electron chi connectivity index (χ0n) is 28.2. The van der Waals surface area contributed by atoms with Gasteiger partial charge in [-0.25, -0.2) is 9.48 Å². The Labute approximate surface area is 295 Å². The second kappa shape index (κ2) is 14.7. The average Bonchev–Trinajstić information content (AvgIpc) is 3.49. The van der Waals surface area contributed by atoms with Crippen molar-refractivity contribution in [3.63, 3.8) is 0 Å². The number of carbonyl (C=O) groups is 1. The van der Waals surface area contributed by atoms with E-state index in [1.807, 2.05) is 70.2 Å². The molecule has 0 unspecified atom stereocenters. The van der Waals surface area contributed by atoms with E-state index in [0.717, 1.165) is 28.1 Å². The summed E-state index contributed by atoms with van der Waals surface area (Å²) in [6.45, 7) is 10.5. The number of nitrogens with one attached hydrogen (secondary N) is 2. The highest BCUT2D eigenvalue weighted by atomic mass is 35.5. The Morgan fingerprint density at radius 1 is 0.939 bits per heavy atom. The fourth-order valence-electron chi connectivity index (χ4n) is 5.20. The zero-order valence-corrected chi connectivity index (χ0v) is 29.7. The Balaban J connectivity index is 1.27. The number of pyridine rings is 1. The number of ether oxygens (including phenoxy) is 2. The van der Waals surface area contributed by atoms with Crippen molar-refractivity contribution < 1.29 is 19.4 Å². The average molecular weight is 705 g/mol. The van der Waals surface area contributed by atoms with Gasteiger partial charge in [0.1, 0.15) is 29.7 Å². The van der Waals surface area contributed by atoms with Gasteiger partial charge in [0.25, 0.3) is 5.56 Å². The van der Waals surface area contributed by atoms with Crippen LogP contribution in [-0.2, 0) is 25.1 Å². The van der Waals surface area contributed by atoms with Crippen LogP contribution in [0, 0.1) is 13.8 Å². The number of hydrogen-bond donors (Lipinski definition) is 3. The summed E-state index contributed by atoms with van der Waals surface area (Å²) in [7, 11) is 1.56. The molecular weight excluding hydrogens is 665 g/mol. The van der Waals surface area contributed by atoms with E-state index < -0.39 is 6.03 Å². The van der Waals surface area contributed by atoms with E-state index in [0.29, 0.717) is 40.1 Å². The normalized spacial score (nSPS) is 11.3. The van der Waals surface area contributed by atoms with Crippen LogP contribution in [0.5, 0.6) is 17.2 Å². The number of phenols is 1. The van der Waals surface area contributed by atoms with E-state index in [1.54, 1.807) is 47.5 Å². The third kappa shape index (κ3) is 8.21. The number of carbonyl (C=O) groups excluding carboxylic acids is 1. The molecule has 0 saturated carbocycles. The maximum Gasteiger partial charge on any atom is 0.320 e. The molecule has 12 heteroatoms. The van der Waals surface area contributed by atoms with Gasteiger partial charge in [0.15, 0.2) is 0 Å². The topological polar surface area (TPSA) is 120 Å². The van der Waals surface area contributed by atoms with Gasteiger partial charge in [0, 0.05) is 23.7 Å². The first-order valence-electron chi connectivity index (χ1n) is 15.6. The van der Waals surface area contributed by atoms with Crippen LogP contribution in [0.3, 0.4) is 0 Å². The number of phenolic OH excluding ortho intramolecular Hbond substituents is 1. The summed E-state index contributed by atoms with van der Waals surface area (Å²) in [6.07, 6.45) is 0. The second-order valence-electron chi connectivity index (χ2n) is 12.7. The van der Waals surface area contributed by atoms with Crippen LogP contribution in [0.2, 0.25) is 10.0 Å². The Hall–Kier alpha value is -4.93. The maximum atomic E-state index is 13.4. The molecule has 0 fully saturated rings. The highest BCUT2D eigenvalue weighted by Gasteiger charge is 2.22. The Bertz CT molecular complexity index is 2070. The van der Waals surface area contributed by atoms with Crippen molar-refractivity contribution >= 4 is 35.1 Å². The fourth-order valence-corrected chi connectivity index (χ4v) is 5.66. The molecule has 3 aromatic carbocycles. The van der Waals surface area contributed by atoms with Crippen LogP contribution >= 0.6 is 23.2 Å². The molecule has 0 spiro atoms. The highest BCUT2D eigenvalue weighted by Crippen LogP contribution is 2.30. The number of urea groups is 1. The van der Waals surface area contributed by atoms with Crippen molar-refractivity contribution in [1.82, 2.24) is 19.7 Å². The van der Waals surface area contributed by atoms with Crippen LogP contribution in [0.25, 0.3) is 5.69 Å². The van der Waals surface area contributed by atoms with Gasteiger partial charge in [0.05, 0.1) is 40.6 Å². The van der Waals surface area contributed by atoms with Crippen molar-refractivity contribution in [1.29, 1.82) is 0 Å². The largest absolute Gasteiger partial charge is 0.506 e. The number of methoxy groups -OCH3 is 1. The Morgan fingerprint density at radius 2 is 1.67 bits per heavy atom. The standard InChI is InChI=1S/C37H39Cl2N5O5/c1-22-15-32(23(2)35(46)43(22)20-24-11-14-31(48-6)29(39)16-24)49-21-26-10-8-7-9-25(26)19-40-36(47)41-34-18-33(37(3,4)5)42-44(34)27-12-13-30(45)28(38)17-27/h7-18,45H,19-21H2,1-6H3,(H2,40,41,47). The molecule has 0 saturated heterocycles. The molecule has 0 radical (unpaired) electrons.